The lowest BCUT2D eigenvalue weighted by Gasteiger charge is -2.45. The van der Waals surface area contributed by atoms with E-state index in [2.05, 4.69) is 11.8 Å². The molecule has 2 fully saturated rings. The molecule has 0 aromatic heterocycles. The molecule has 92 valence electrons. The molecule has 1 N–H and O–H groups in total. The van der Waals surface area contributed by atoms with Gasteiger partial charge in [-0.15, -0.1) is 0 Å². The summed E-state index contributed by atoms with van der Waals surface area (Å²) < 4.78 is 0. The number of aliphatic carboxylic acids is 1. The predicted molar refractivity (Wildman–Crippen MR) is 63.4 cm³/mol. The lowest BCUT2D eigenvalue weighted by atomic mass is 9.81. The summed E-state index contributed by atoms with van der Waals surface area (Å²) in [5, 5.41) is 8.83. The fraction of sp³-hybridized carbons (Fsp3) is 0.923. The van der Waals surface area contributed by atoms with Crippen LogP contribution in [0.4, 0.5) is 0 Å². The molecule has 0 bridgehead atoms. The van der Waals surface area contributed by atoms with Crippen molar-refractivity contribution >= 4 is 5.97 Å². The van der Waals surface area contributed by atoms with E-state index in [0.29, 0.717) is 6.04 Å². The largest absolute Gasteiger partial charge is 0.481 e. The van der Waals surface area contributed by atoms with Crippen LogP contribution in [0.1, 0.15) is 45.4 Å². The van der Waals surface area contributed by atoms with Crippen molar-refractivity contribution in [1.82, 2.24) is 4.90 Å². The number of carbonyl (C=O) groups is 1. The Morgan fingerprint density at radius 2 is 1.88 bits per heavy atom. The first kappa shape index (κ1) is 11.9. The summed E-state index contributed by atoms with van der Waals surface area (Å²) in [7, 11) is 0. The number of hydrogen-bond donors (Lipinski definition) is 1. The van der Waals surface area contributed by atoms with Crippen LogP contribution < -0.4 is 0 Å². The normalized spacial score (nSPS) is 32.3. The van der Waals surface area contributed by atoms with Crippen LogP contribution in [0.25, 0.3) is 0 Å². The lowest BCUT2D eigenvalue weighted by molar-refractivity contribution is -0.149. The molecule has 16 heavy (non-hydrogen) atoms. The summed E-state index contributed by atoms with van der Waals surface area (Å²) in [6, 6.07) is 0.684. The van der Waals surface area contributed by atoms with Crippen LogP contribution in [0.2, 0.25) is 0 Å². The molecule has 0 aromatic carbocycles. The summed E-state index contributed by atoms with van der Waals surface area (Å²) >= 11 is 0. The van der Waals surface area contributed by atoms with Gasteiger partial charge in [0.1, 0.15) is 0 Å². The first-order valence-electron chi connectivity index (χ1n) is 6.67. The Morgan fingerprint density at radius 3 is 2.38 bits per heavy atom. The highest BCUT2D eigenvalue weighted by Crippen LogP contribution is 2.33. The van der Waals surface area contributed by atoms with Gasteiger partial charge in [-0.3, -0.25) is 9.69 Å². The quantitative estimate of drug-likeness (QED) is 0.798. The van der Waals surface area contributed by atoms with Crippen molar-refractivity contribution in [2.24, 2.45) is 11.8 Å². The number of carboxylic acid groups (broad SMARTS) is 1. The fourth-order valence-electron chi connectivity index (χ4n) is 3.17. The molecular weight excluding hydrogens is 202 g/mol. The van der Waals surface area contributed by atoms with E-state index in [1.807, 2.05) is 0 Å². The molecule has 1 aliphatic carbocycles. The van der Waals surface area contributed by atoms with Gasteiger partial charge in [0.2, 0.25) is 0 Å². The van der Waals surface area contributed by atoms with Crippen molar-refractivity contribution in [3.8, 4) is 0 Å². The zero-order valence-corrected chi connectivity index (χ0v) is 10.2. The van der Waals surface area contributed by atoms with Crippen molar-refractivity contribution in [2.45, 2.75) is 51.5 Å². The first-order valence-corrected chi connectivity index (χ1v) is 6.67. The fourth-order valence-corrected chi connectivity index (χ4v) is 3.17. The van der Waals surface area contributed by atoms with Gasteiger partial charge in [0, 0.05) is 19.1 Å². The summed E-state index contributed by atoms with van der Waals surface area (Å²) in [6.45, 7) is 3.84. The van der Waals surface area contributed by atoms with E-state index >= 15 is 0 Å². The number of rotatable bonds is 4. The Kier molecular flexibility index (Phi) is 3.85. The molecule has 0 amide bonds. The maximum atomic E-state index is 10.7. The van der Waals surface area contributed by atoms with Crippen LogP contribution in [-0.4, -0.2) is 35.1 Å². The van der Waals surface area contributed by atoms with E-state index in [0.717, 1.165) is 19.0 Å². The van der Waals surface area contributed by atoms with Crippen LogP contribution in [0.15, 0.2) is 0 Å². The van der Waals surface area contributed by atoms with Crippen LogP contribution in [0.5, 0.6) is 0 Å². The Labute approximate surface area is 97.8 Å². The lowest BCUT2D eigenvalue weighted by Crippen LogP contribution is -2.55. The Hall–Kier alpha value is -0.570. The molecule has 1 heterocycles. The zero-order valence-electron chi connectivity index (χ0n) is 10.2. The van der Waals surface area contributed by atoms with Gasteiger partial charge in [-0.25, -0.2) is 0 Å². The van der Waals surface area contributed by atoms with Gasteiger partial charge in [-0.1, -0.05) is 19.8 Å². The summed E-state index contributed by atoms with van der Waals surface area (Å²) in [4.78, 5) is 13.1. The van der Waals surface area contributed by atoms with Crippen molar-refractivity contribution in [3.63, 3.8) is 0 Å². The minimum absolute atomic E-state index is 0.0895. The van der Waals surface area contributed by atoms with E-state index in [-0.39, 0.29) is 5.92 Å². The van der Waals surface area contributed by atoms with Gasteiger partial charge in [-0.05, 0) is 31.6 Å². The molecule has 1 saturated heterocycles. The Morgan fingerprint density at radius 1 is 1.25 bits per heavy atom. The molecule has 0 aromatic rings. The third-order valence-electron chi connectivity index (χ3n) is 4.29. The Bertz CT molecular complexity index is 240. The topological polar surface area (TPSA) is 40.5 Å². The number of likely N-dealkylation sites (tertiary alicyclic amines) is 1. The minimum Gasteiger partial charge on any atom is -0.481 e. The zero-order chi connectivity index (χ0) is 11.5. The summed E-state index contributed by atoms with van der Waals surface area (Å²) in [5.74, 6) is 0.238. The van der Waals surface area contributed by atoms with E-state index < -0.39 is 5.97 Å². The van der Waals surface area contributed by atoms with Gasteiger partial charge in [0.15, 0.2) is 0 Å². The van der Waals surface area contributed by atoms with Crippen LogP contribution >= 0.6 is 0 Å². The van der Waals surface area contributed by atoms with Gasteiger partial charge < -0.3 is 5.11 Å². The predicted octanol–water partition coefficient (Wildman–Crippen LogP) is 2.36. The van der Waals surface area contributed by atoms with E-state index in [4.69, 9.17) is 5.11 Å². The molecule has 1 aliphatic heterocycles. The minimum atomic E-state index is -0.615. The van der Waals surface area contributed by atoms with E-state index in [1.54, 1.807) is 0 Å². The highest BCUT2D eigenvalue weighted by Gasteiger charge is 2.37. The molecule has 3 heteroatoms. The smallest absolute Gasteiger partial charge is 0.309 e. The molecule has 0 radical (unpaired) electrons. The molecule has 2 rings (SSSR count). The van der Waals surface area contributed by atoms with Gasteiger partial charge in [0.05, 0.1) is 5.92 Å². The standard InChI is InChI=1S/C13H23NO2/c1-2-3-10-4-6-12(7-5-10)14-8-11(9-14)13(15)16/h10-12H,2-9H2,1H3,(H,15,16). The van der Waals surface area contributed by atoms with Crippen molar-refractivity contribution in [3.05, 3.63) is 0 Å². The molecule has 2 aliphatic rings. The second-order valence-corrected chi connectivity index (χ2v) is 5.45. The van der Waals surface area contributed by atoms with Crippen LogP contribution in [0.3, 0.4) is 0 Å². The molecule has 0 spiro atoms. The molecule has 0 atom stereocenters. The van der Waals surface area contributed by atoms with Crippen LogP contribution in [-0.2, 0) is 4.79 Å². The van der Waals surface area contributed by atoms with Crippen molar-refractivity contribution in [2.75, 3.05) is 13.1 Å². The first-order chi connectivity index (χ1) is 7.70. The Balaban J connectivity index is 1.69. The number of hydrogen-bond acceptors (Lipinski definition) is 2. The molecule has 3 nitrogen and oxygen atoms in total. The number of nitrogens with zero attached hydrogens (tertiary/aromatic N) is 1. The summed E-state index contributed by atoms with van der Waals surface area (Å²) in [6.07, 6.45) is 7.97. The molecule has 1 saturated carbocycles. The van der Waals surface area contributed by atoms with Gasteiger partial charge in [0.25, 0.3) is 0 Å². The van der Waals surface area contributed by atoms with E-state index in [9.17, 15) is 4.79 Å². The highest BCUT2D eigenvalue weighted by atomic mass is 16.4. The number of carboxylic acids is 1. The second-order valence-electron chi connectivity index (χ2n) is 5.45. The van der Waals surface area contributed by atoms with Gasteiger partial charge >= 0.3 is 5.97 Å². The van der Waals surface area contributed by atoms with E-state index in [1.165, 1.54) is 38.5 Å². The monoisotopic (exact) mass is 225 g/mol. The maximum Gasteiger partial charge on any atom is 0.309 e. The molecule has 0 unspecified atom stereocenters. The third kappa shape index (κ3) is 2.57. The molecular formula is C13H23NO2. The van der Waals surface area contributed by atoms with Gasteiger partial charge in [-0.2, -0.15) is 0 Å². The summed E-state index contributed by atoms with van der Waals surface area (Å²) in [5.41, 5.74) is 0. The average molecular weight is 225 g/mol. The maximum absolute atomic E-state index is 10.7. The SMILES string of the molecule is CCCC1CCC(N2CC(C(=O)O)C2)CC1. The van der Waals surface area contributed by atoms with Crippen molar-refractivity contribution < 1.29 is 9.90 Å². The highest BCUT2D eigenvalue weighted by molar-refractivity contribution is 5.71. The average Bonchev–Trinajstić information content (AvgIpc) is 2.18. The van der Waals surface area contributed by atoms with Crippen LogP contribution in [0, 0.1) is 11.8 Å². The van der Waals surface area contributed by atoms with Crippen molar-refractivity contribution in [1.29, 1.82) is 0 Å². The third-order valence-corrected chi connectivity index (χ3v) is 4.29. The second kappa shape index (κ2) is 5.17.